The molecule has 0 saturated heterocycles. The van der Waals surface area contributed by atoms with Crippen LogP contribution < -0.4 is 18.9 Å². The summed E-state index contributed by atoms with van der Waals surface area (Å²) in [6.45, 7) is 2.07. The van der Waals surface area contributed by atoms with Crippen molar-refractivity contribution in [1.29, 1.82) is 0 Å². The summed E-state index contributed by atoms with van der Waals surface area (Å²) < 4.78 is 23.4. The van der Waals surface area contributed by atoms with Gasteiger partial charge in [0, 0.05) is 16.8 Å². The summed E-state index contributed by atoms with van der Waals surface area (Å²) in [4.78, 5) is 27.0. The fraction of sp³-hybridized carbons (Fsp3) is 0.161. The Labute approximate surface area is 221 Å². The predicted octanol–water partition coefficient (Wildman–Crippen LogP) is 5.41. The third kappa shape index (κ3) is 5.11. The molecular weight excluding hydrogens is 482 g/mol. The zero-order chi connectivity index (χ0) is 27.2. The Hall–Kier alpha value is -4.96. The minimum atomic E-state index is -0.292. The second-order valence-electron chi connectivity index (χ2n) is 8.33. The second kappa shape index (κ2) is 11.4. The van der Waals surface area contributed by atoms with E-state index in [0.717, 1.165) is 11.3 Å². The number of ketones is 2. The number of hydrogen-bond acceptors (Lipinski definition) is 6. The van der Waals surface area contributed by atoms with E-state index in [1.165, 1.54) is 27.4 Å². The third-order valence-corrected chi connectivity index (χ3v) is 6.04. The Bertz CT molecular complexity index is 1550. The Morgan fingerprint density at radius 3 is 2.24 bits per heavy atom. The number of terminal acetylenes is 1. The van der Waals surface area contributed by atoms with Crippen LogP contribution >= 0.6 is 0 Å². The first-order valence-electron chi connectivity index (χ1n) is 11.8. The maximum absolute atomic E-state index is 13.7. The van der Waals surface area contributed by atoms with Crippen molar-refractivity contribution in [2.45, 2.75) is 6.92 Å². The average Bonchev–Trinajstić information content (AvgIpc) is 3.35. The highest BCUT2D eigenvalue weighted by molar-refractivity contribution is 6.16. The number of carbonyl (C=O) groups is 2. The number of benzene rings is 2. The van der Waals surface area contributed by atoms with Crippen molar-refractivity contribution in [3.63, 3.8) is 0 Å². The molecule has 0 atom stereocenters. The molecule has 38 heavy (non-hydrogen) atoms. The molecule has 4 rings (SSSR count). The van der Waals surface area contributed by atoms with E-state index in [1.807, 2.05) is 37.3 Å². The van der Waals surface area contributed by atoms with Gasteiger partial charge in [0.1, 0.15) is 12.4 Å². The summed E-state index contributed by atoms with van der Waals surface area (Å²) in [5.41, 5.74) is 3.36. The van der Waals surface area contributed by atoms with Crippen molar-refractivity contribution in [3.8, 4) is 35.3 Å². The van der Waals surface area contributed by atoms with Crippen LogP contribution in [-0.2, 0) is 0 Å². The summed E-state index contributed by atoms with van der Waals surface area (Å²) in [5.74, 6) is 3.66. The highest BCUT2D eigenvalue weighted by Crippen LogP contribution is 2.39. The maximum atomic E-state index is 13.7. The summed E-state index contributed by atoms with van der Waals surface area (Å²) in [7, 11) is 4.48. The molecule has 2 aromatic heterocycles. The van der Waals surface area contributed by atoms with E-state index >= 15 is 0 Å². The molecule has 0 bridgehead atoms. The van der Waals surface area contributed by atoms with E-state index in [-0.39, 0.29) is 18.2 Å². The number of allylic oxidation sites excluding steroid dienone is 1. The van der Waals surface area contributed by atoms with Gasteiger partial charge in [0.05, 0.1) is 32.5 Å². The molecule has 7 nitrogen and oxygen atoms in total. The monoisotopic (exact) mass is 509 g/mol. The summed E-state index contributed by atoms with van der Waals surface area (Å²) in [6.07, 6.45) is 8.42. The number of aromatic nitrogens is 1. The lowest BCUT2D eigenvalue weighted by molar-refractivity contribution is 0.103. The number of methoxy groups -OCH3 is 3. The molecule has 0 spiro atoms. The second-order valence-corrected chi connectivity index (χ2v) is 8.33. The fourth-order valence-electron chi connectivity index (χ4n) is 4.21. The molecule has 0 N–H and O–H groups in total. The zero-order valence-electron chi connectivity index (χ0n) is 21.6. The normalized spacial score (nSPS) is 10.8. The van der Waals surface area contributed by atoms with Crippen LogP contribution in [-0.4, -0.2) is 43.9 Å². The highest BCUT2D eigenvalue weighted by Gasteiger charge is 2.23. The van der Waals surface area contributed by atoms with Crippen LogP contribution in [0.15, 0.2) is 66.7 Å². The molecule has 0 aliphatic rings. The lowest BCUT2D eigenvalue weighted by Gasteiger charge is -2.14. The van der Waals surface area contributed by atoms with Crippen molar-refractivity contribution in [3.05, 3.63) is 94.8 Å². The van der Waals surface area contributed by atoms with Gasteiger partial charge < -0.3 is 23.3 Å². The predicted molar refractivity (Wildman–Crippen MR) is 146 cm³/mol. The SMILES string of the molecule is C#CCOc1ccc(/C=C/C(=O)c2cc(C(=O)c3cc(OC)c(OC)c(OC)c3)n3c(C)cccc23)cc1. The Morgan fingerprint density at radius 1 is 0.947 bits per heavy atom. The molecule has 4 aromatic rings. The number of fused-ring (bicyclic) bond motifs is 1. The maximum Gasteiger partial charge on any atom is 0.210 e. The number of ether oxygens (including phenoxy) is 4. The topological polar surface area (TPSA) is 75.5 Å². The summed E-state index contributed by atoms with van der Waals surface area (Å²) in [6, 6.07) is 17.6. The van der Waals surface area contributed by atoms with E-state index in [4.69, 9.17) is 25.4 Å². The standard InChI is InChI=1S/C31H27NO6/c1-6-16-38-23-13-10-21(11-14-23)12-15-27(33)24-19-26(32-20(2)8-7-9-25(24)32)30(34)22-17-28(35-3)31(37-5)29(18-22)36-4/h1,7-15,17-19H,16H2,2-5H3/b15-12+. The molecule has 0 amide bonds. The number of rotatable bonds is 10. The Morgan fingerprint density at radius 2 is 1.63 bits per heavy atom. The van der Waals surface area contributed by atoms with E-state index in [0.29, 0.717) is 45.3 Å². The van der Waals surface area contributed by atoms with E-state index < -0.39 is 0 Å². The van der Waals surface area contributed by atoms with Crippen LogP contribution in [0.3, 0.4) is 0 Å². The number of hydrogen-bond donors (Lipinski definition) is 0. The van der Waals surface area contributed by atoms with Gasteiger partial charge >= 0.3 is 0 Å². The van der Waals surface area contributed by atoms with Crippen LogP contribution in [0.4, 0.5) is 0 Å². The van der Waals surface area contributed by atoms with Gasteiger partial charge in [-0.15, -0.1) is 6.42 Å². The quantitative estimate of drug-likeness (QED) is 0.162. The van der Waals surface area contributed by atoms with Gasteiger partial charge in [-0.05, 0) is 61.0 Å². The molecule has 2 heterocycles. The van der Waals surface area contributed by atoms with Gasteiger partial charge in [0.25, 0.3) is 0 Å². The number of nitrogens with zero attached hydrogens (tertiary/aromatic N) is 1. The van der Waals surface area contributed by atoms with E-state index in [2.05, 4.69) is 5.92 Å². The van der Waals surface area contributed by atoms with Gasteiger partial charge in [-0.3, -0.25) is 9.59 Å². The molecule has 0 aliphatic heterocycles. The summed E-state index contributed by atoms with van der Waals surface area (Å²) >= 11 is 0. The lowest BCUT2D eigenvalue weighted by Crippen LogP contribution is -2.08. The van der Waals surface area contributed by atoms with Crippen LogP contribution in [0.25, 0.3) is 11.6 Å². The van der Waals surface area contributed by atoms with Gasteiger partial charge in [0.15, 0.2) is 17.3 Å². The minimum absolute atomic E-state index is 0.186. The molecule has 0 unspecified atom stereocenters. The molecule has 192 valence electrons. The number of carbonyl (C=O) groups excluding carboxylic acids is 2. The largest absolute Gasteiger partial charge is 0.493 e. The Balaban J connectivity index is 1.72. The molecular formula is C31H27NO6. The molecule has 0 saturated carbocycles. The summed E-state index contributed by atoms with van der Waals surface area (Å²) in [5, 5.41) is 0. The van der Waals surface area contributed by atoms with Crippen molar-refractivity contribution in [2.75, 3.05) is 27.9 Å². The van der Waals surface area contributed by atoms with Gasteiger partial charge in [-0.2, -0.15) is 0 Å². The molecule has 0 radical (unpaired) electrons. The minimum Gasteiger partial charge on any atom is -0.493 e. The van der Waals surface area contributed by atoms with Crippen molar-refractivity contribution >= 4 is 23.2 Å². The number of aryl methyl sites for hydroxylation is 1. The van der Waals surface area contributed by atoms with Gasteiger partial charge in [-0.1, -0.05) is 30.2 Å². The van der Waals surface area contributed by atoms with Crippen molar-refractivity contribution in [2.24, 2.45) is 0 Å². The average molecular weight is 510 g/mol. The molecule has 2 aromatic carbocycles. The zero-order valence-corrected chi connectivity index (χ0v) is 21.6. The molecule has 0 fully saturated rings. The lowest BCUT2D eigenvalue weighted by atomic mass is 10.1. The van der Waals surface area contributed by atoms with Gasteiger partial charge in [-0.25, -0.2) is 0 Å². The van der Waals surface area contributed by atoms with Crippen LogP contribution in [0, 0.1) is 19.3 Å². The first-order valence-corrected chi connectivity index (χ1v) is 11.8. The Kier molecular flexibility index (Phi) is 7.83. The third-order valence-electron chi connectivity index (χ3n) is 6.04. The van der Waals surface area contributed by atoms with Crippen molar-refractivity contribution in [1.82, 2.24) is 4.40 Å². The smallest absolute Gasteiger partial charge is 0.210 e. The first kappa shape index (κ1) is 26.1. The van der Waals surface area contributed by atoms with E-state index in [9.17, 15) is 9.59 Å². The van der Waals surface area contributed by atoms with E-state index in [1.54, 1.807) is 40.8 Å². The highest BCUT2D eigenvalue weighted by atomic mass is 16.5. The van der Waals surface area contributed by atoms with Gasteiger partial charge in [0.2, 0.25) is 11.5 Å². The van der Waals surface area contributed by atoms with Crippen molar-refractivity contribution < 1.29 is 28.5 Å². The molecule has 7 heteroatoms. The fourth-order valence-corrected chi connectivity index (χ4v) is 4.21. The number of pyridine rings is 1. The van der Waals surface area contributed by atoms with Crippen LogP contribution in [0.5, 0.6) is 23.0 Å². The molecule has 0 aliphatic carbocycles. The first-order chi connectivity index (χ1) is 18.4. The van der Waals surface area contributed by atoms with Crippen LogP contribution in [0.2, 0.25) is 0 Å². The van der Waals surface area contributed by atoms with Crippen LogP contribution in [0.1, 0.15) is 37.7 Å².